The Hall–Kier alpha value is -3.27. The van der Waals surface area contributed by atoms with Gasteiger partial charge in [-0.2, -0.15) is 0 Å². The van der Waals surface area contributed by atoms with Gasteiger partial charge in [0.05, 0.1) is 5.76 Å². The molecule has 1 radical (unpaired) electrons. The maximum absolute atomic E-state index is 10.0. The summed E-state index contributed by atoms with van der Waals surface area (Å²) in [5.41, 5.74) is 7.68. The molecule has 2 heterocycles. The maximum Gasteiger partial charge on any atom is 0.155 e. The fourth-order valence-corrected chi connectivity index (χ4v) is 5.47. The average Bonchev–Trinajstić information content (AvgIpc) is 3.19. The van der Waals surface area contributed by atoms with Gasteiger partial charge in [-0.1, -0.05) is 74.5 Å². The van der Waals surface area contributed by atoms with E-state index in [9.17, 15) is 4.79 Å². The third-order valence-corrected chi connectivity index (χ3v) is 7.03. The molecule has 197 valence electrons. The van der Waals surface area contributed by atoms with E-state index in [1.165, 1.54) is 47.4 Å². The van der Waals surface area contributed by atoms with Crippen molar-refractivity contribution < 1.29 is 34.4 Å². The van der Waals surface area contributed by atoms with Crippen LogP contribution in [-0.2, 0) is 36.7 Å². The summed E-state index contributed by atoms with van der Waals surface area (Å²) in [6.45, 7) is 12.0. The van der Waals surface area contributed by atoms with Crippen LogP contribution in [0.2, 0.25) is 0 Å². The van der Waals surface area contributed by atoms with E-state index >= 15 is 0 Å². The number of aromatic nitrogens is 1. The second-order valence-electron chi connectivity index (χ2n) is 10.9. The molecule has 0 unspecified atom stereocenters. The van der Waals surface area contributed by atoms with Crippen LogP contribution in [0.1, 0.15) is 58.2 Å². The predicted molar refractivity (Wildman–Crippen MR) is 151 cm³/mol. The second-order valence-corrected chi connectivity index (χ2v) is 10.9. The molecule has 0 atom stereocenters. The van der Waals surface area contributed by atoms with Crippen LogP contribution in [0, 0.1) is 12.0 Å². The molecule has 1 aliphatic rings. The van der Waals surface area contributed by atoms with Gasteiger partial charge in [0.1, 0.15) is 11.2 Å². The van der Waals surface area contributed by atoms with E-state index in [-0.39, 0.29) is 37.1 Å². The zero-order valence-electron chi connectivity index (χ0n) is 22.6. The predicted octanol–water partition coefficient (Wildman–Crippen LogP) is 8.47. The first-order chi connectivity index (χ1) is 17.6. The summed E-state index contributed by atoms with van der Waals surface area (Å²) in [6.07, 6.45) is 4.04. The van der Waals surface area contributed by atoms with E-state index in [2.05, 4.69) is 76.2 Å². The van der Waals surface area contributed by atoms with E-state index < -0.39 is 0 Å². The van der Waals surface area contributed by atoms with Gasteiger partial charge in [0, 0.05) is 48.8 Å². The van der Waals surface area contributed by atoms with E-state index in [1.54, 1.807) is 0 Å². The summed E-state index contributed by atoms with van der Waals surface area (Å²) in [4.78, 5) is 14.9. The first kappa shape index (κ1) is 27.8. The summed E-state index contributed by atoms with van der Waals surface area (Å²) in [5.74, 6) is 0.506. The molecule has 3 aromatic carbocycles. The van der Waals surface area contributed by atoms with Crippen LogP contribution < -0.4 is 0 Å². The average molecular weight is 683 g/mol. The zero-order chi connectivity index (χ0) is 26.5. The number of carbonyl (C=O) groups is 1. The molecular weight excluding hydrogens is 651 g/mol. The molecule has 0 fully saturated rings. The Morgan fingerprint density at radius 1 is 1.08 bits per heavy atom. The number of aliphatic hydroxyl groups is 1. The Morgan fingerprint density at radius 3 is 2.47 bits per heavy atom. The number of nitrogens with zero attached hydrogens (tertiary/aromatic N) is 1. The molecule has 6 rings (SSSR count). The number of pyridine rings is 1. The van der Waals surface area contributed by atoms with Crippen molar-refractivity contribution in [2.24, 2.45) is 5.92 Å². The van der Waals surface area contributed by atoms with Gasteiger partial charge >= 0.3 is 0 Å². The normalized spacial score (nSPS) is 13.7. The quantitative estimate of drug-likeness (QED) is 0.118. The van der Waals surface area contributed by atoms with Gasteiger partial charge in [-0.15, -0.1) is 23.6 Å². The van der Waals surface area contributed by atoms with E-state index in [1.807, 2.05) is 12.3 Å². The molecule has 38 heavy (non-hydrogen) atoms. The van der Waals surface area contributed by atoms with Gasteiger partial charge < -0.3 is 9.52 Å². The van der Waals surface area contributed by atoms with Crippen molar-refractivity contribution in [3.63, 3.8) is 0 Å². The summed E-state index contributed by atoms with van der Waals surface area (Å²) in [7, 11) is 0. The molecule has 0 aliphatic heterocycles. The number of allylic oxidation sites excluding steroid dienone is 2. The zero-order valence-corrected chi connectivity index (χ0v) is 25.0. The van der Waals surface area contributed by atoms with Crippen LogP contribution in [0.5, 0.6) is 0 Å². The first-order valence-electron chi connectivity index (χ1n) is 12.7. The number of carbonyl (C=O) groups excluding carboxylic acids is 1. The topological polar surface area (TPSA) is 63.3 Å². The van der Waals surface area contributed by atoms with Crippen LogP contribution in [0.4, 0.5) is 0 Å². The number of fused-ring (bicyclic) bond motifs is 3. The Kier molecular flexibility index (Phi) is 7.65. The van der Waals surface area contributed by atoms with Crippen molar-refractivity contribution in [1.29, 1.82) is 0 Å². The minimum atomic E-state index is -0.192. The van der Waals surface area contributed by atoms with Crippen LogP contribution in [-0.4, -0.2) is 15.9 Å². The Balaban J connectivity index is 0.000000375. The summed E-state index contributed by atoms with van der Waals surface area (Å²) in [5, 5.41) is 13.1. The summed E-state index contributed by atoms with van der Waals surface area (Å²) < 4.78 is 6.48. The number of benzene rings is 3. The minimum absolute atomic E-state index is 0. The van der Waals surface area contributed by atoms with Crippen molar-refractivity contribution in [2.45, 2.75) is 53.4 Å². The molecule has 0 bridgehead atoms. The third-order valence-electron chi connectivity index (χ3n) is 7.03. The van der Waals surface area contributed by atoms with E-state index in [4.69, 9.17) is 14.5 Å². The number of hydrogen-bond acceptors (Lipinski definition) is 4. The smallest absolute Gasteiger partial charge is 0.155 e. The second kappa shape index (κ2) is 10.5. The molecule has 5 heteroatoms. The number of aliphatic hydroxyl groups excluding tert-OH is 1. The van der Waals surface area contributed by atoms with E-state index in [0.717, 1.165) is 39.6 Å². The number of ketones is 1. The Morgan fingerprint density at radius 2 is 1.82 bits per heavy atom. The van der Waals surface area contributed by atoms with Gasteiger partial charge in [0.15, 0.2) is 5.78 Å². The molecule has 4 nitrogen and oxygen atoms in total. The molecule has 1 aliphatic carbocycles. The monoisotopic (exact) mass is 683 g/mol. The third kappa shape index (κ3) is 4.81. The molecule has 5 aromatic rings. The fraction of sp³-hybridized carbons (Fsp3) is 0.273. The van der Waals surface area contributed by atoms with Crippen LogP contribution in [0.25, 0.3) is 44.0 Å². The van der Waals surface area contributed by atoms with Crippen LogP contribution in [0.15, 0.2) is 71.0 Å². The van der Waals surface area contributed by atoms with E-state index in [0.29, 0.717) is 5.92 Å². The summed E-state index contributed by atoms with van der Waals surface area (Å²) in [6, 6.07) is 21.1. The van der Waals surface area contributed by atoms with Crippen LogP contribution >= 0.6 is 0 Å². The van der Waals surface area contributed by atoms with Crippen LogP contribution in [0.3, 0.4) is 0 Å². The molecule has 0 saturated carbocycles. The van der Waals surface area contributed by atoms with Crippen molar-refractivity contribution >= 4 is 38.5 Å². The molecule has 1 N–H and O–H groups in total. The fourth-order valence-electron chi connectivity index (χ4n) is 5.47. The van der Waals surface area contributed by atoms with Gasteiger partial charge in [-0.3, -0.25) is 9.78 Å². The van der Waals surface area contributed by atoms with Crippen molar-refractivity contribution in [1.82, 2.24) is 4.98 Å². The molecule has 0 amide bonds. The van der Waals surface area contributed by atoms with Gasteiger partial charge in [-0.05, 0) is 48.8 Å². The molecule has 0 spiro atoms. The number of furan rings is 1. The van der Waals surface area contributed by atoms with Gasteiger partial charge in [-0.25, -0.2) is 0 Å². The van der Waals surface area contributed by atoms with Crippen molar-refractivity contribution in [3.05, 3.63) is 89.3 Å². The summed E-state index contributed by atoms with van der Waals surface area (Å²) >= 11 is 0. The first-order valence-corrected chi connectivity index (χ1v) is 12.7. The SMILES string of the molecule is CC(=O)/C=C(/C)O.CC(C)Cc1ccc2c3c1oc1ccnc(c13)-c1[c-]c3ccccc3cc1C2(C)C.[Ir]. The van der Waals surface area contributed by atoms with Crippen molar-refractivity contribution in [3.8, 4) is 11.3 Å². The Labute approximate surface area is 237 Å². The molecular formula is C33H32IrNO3-. The number of hydrogen-bond donors (Lipinski definition) is 1. The molecule has 0 saturated heterocycles. The largest absolute Gasteiger partial charge is 0.512 e. The Bertz CT molecular complexity index is 1700. The van der Waals surface area contributed by atoms with Gasteiger partial charge in [0.25, 0.3) is 0 Å². The maximum atomic E-state index is 10.0. The molecule has 2 aromatic heterocycles. The number of rotatable bonds is 3. The standard InChI is InChI=1S/C28H24NO.C5H8O2.Ir/c1-16(2)13-19-9-10-21-24-25-23(30-27(19)24)11-12-29-26(25)20-14-17-7-5-6-8-18(17)15-22(20)28(21,3)4;1-4(6)3-5(2)7;/h5-12,15-16H,13H2,1-4H3;3,6H,1-2H3;/q-1;;/b;4-3-;. The van der Waals surface area contributed by atoms with Crippen molar-refractivity contribution in [2.75, 3.05) is 0 Å². The van der Waals surface area contributed by atoms with Gasteiger partial charge in [0.2, 0.25) is 0 Å². The minimum Gasteiger partial charge on any atom is -0.512 e.